The van der Waals surface area contributed by atoms with Crippen molar-refractivity contribution in [2.45, 2.75) is 12.2 Å². The summed E-state index contributed by atoms with van der Waals surface area (Å²) in [5.41, 5.74) is 8.86. The first-order valence-corrected chi connectivity index (χ1v) is 7.75. The quantitative estimate of drug-likeness (QED) is 0.629. The van der Waals surface area contributed by atoms with Gasteiger partial charge in [0.15, 0.2) is 0 Å². The second kappa shape index (κ2) is 8.51. The lowest BCUT2D eigenvalue weighted by Crippen LogP contribution is -2.32. The molecule has 0 aliphatic carbocycles. The summed E-state index contributed by atoms with van der Waals surface area (Å²) in [5.74, 6) is -0.151. The van der Waals surface area contributed by atoms with Crippen LogP contribution in [0.4, 0.5) is 0 Å². The molecule has 0 heterocycles. The van der Waals surface area contributed by atoms with Crippen LogP contribution in [0.5, 0.6) is 0 Å². The molecule has 2 N–H and O–H groups in total. The van der Waals surface area contributed by atoms with Crippen molar-refractivity contribution in [1.29, 1.82) is 0 Å². The highest BCUT2D eigenvalue weighted by Gasteiger charge is 2.22. The smallest absolute Gasteiger partial charge is 0.289 e. The molecule has 1 amide bonds. The number of carbonyl (C=O) groups excluding carboxylic acids is 1. The summed E-state index contributed by atoms with van der Waals surface area (Å²) >= 11 is 0. The van der Waals surface area contributed by atoms with E-state index in [1.165, 1.54) is 11.1 Å². The van der Waals surface area contributed by atoms with Crippen molar-refractivity contribution < 1.29 is 9.45 Å². The van der Waals surface area contributed by atoms with Crippen molar-refractivity contribution in [3.8, 4) is 11.1 Å². The van der Waals surface area contributed by atoms with Crippen LogP contribution in [-0.4, -0.2) is 39.1 Å². The van der Waals surface area contributed by atoms with Crippen molar-refractivity contribution in [3.63, 3.8) is 0 Å². The van der Waals surface area contributed by atoms with E-state index in [0.29, 0.717) is 13.9 Å². The summed E-state index contributed by atoms with van der Waals surface area (Å²) in [6.07, 6.45) is 0.645. The molecule has 0 saturated carbocycles. The first-order valence-electron chi connectivity index (χ1n) is 7.75. The molecule has 1 atom stereocenters. The summed E-state index contributed by atoms with van der Waals surface area (Å²) in [7, 11) is 3.86. The average molecular weight is 310 g/mol. The molecule has 2 aromatic carbocycles. The van der Waals surface area contributed by atoms with Crippen molar-refractivity contribution in [3.05, 3.63) is 60.2 Å². The maximum atomic E-state index is 12.2. The fourth-order valence-corrected chi connectivity index (χ4v) is 2.54. The molecular weight excluding hydrogens is 287 g/mol. The Hall–Kier alpha value is -2.11. The standard InChI is InChI=1S/C18H23BN2O2/c1-21(2)18(22)17(19-23-13-20)12-14-8-10-16(11-9-14)15-6-4-3-5-7-15/h3-11,17,19H,12-13,20H2,1-2H3/t17-/m0/s1. The van der Waals surface area contributed by atoms with E-state index in [1.807, 2.05) is 18.2 Å². The van der Waals surface area contributed by atoms with Gasteiger partial charge in [0, 0.05) is 19.9 Å². The van der Waals surface area contributed by atoms with Crippen LogP contribution in [-0.2, 0) is 15.9 Å². The minimum absolute atomic E-state index is 0.0607. The minimum atomic E-state index is -0.212. The third-order valence-electron chi connectivity index (χ3n) is 3.77. The van der Waals surface area contributed by atoms with Gasteiger partial charge in [0.25, 0.3) is 7.48 Å². The molecule has 0 saturated heterocycles. The largest absolute Gasteiger partial charge is 0.427 e. The van der Waals surface area contributed by atoms with Gasteiger partial charge in [0.05, 0.1) is 6.73 Å². The molecule has 4 nitrogen and oxygen atoms in total. The van der Waals surface area contributed by atoms with E-state index < -0.39 is 0 Å². The molecule has 120 valence electrons. The molecule has 0 fully saturated rings. The maximum absolute atomic E-state index is 12.2. The Morgan fingerprint density at radius 1 is 1.09 bits per heavy atom. The van der Waals surface area contributed by atoms with E-state index in [9.17, 15) is 4.79 Å². The predicted octanol–water partition coefficient (Wildman–Crippen LogP) is 2.06. The zero-order chi connectivity index (χ0) is 16.7. The first-order chi connectivity index (χ1) is 11.1. The maximum Gasteiger partial charge on any atom is 0.289 e. The summed E-state index contributed by atoms with van der Waals surface area (Å²) in [5, 5.41) is 0. The number of hydrogen-bond donors (Lipinski definition) is 1. The van der Waals surface area contributed by atoms with E-state index in [0.717, 1.165) is 5.56 Å². The fraction of sp³-hybridized carbons (Fsp3) is 0.278. The number of hydrogen-bond acceptors (Lipinski definition) is 3. The second-order valence-electron chi connectivity index (χ2n) is 5.73. The molecule has 23 heavy (non-hydrogen) atoms. The number of amides is 1. The van der Waals surface area contributed by atoms with Crippen molar-refractivity contribution in [1.82, 2.24) is 4.90 Å². The lowest BCUT2D eigenvalue weighted by Gasteiger charge is -2.19. The number of carbonyl (C=O) groups is 1. The van der Waals surface area contributed by atoms with Gasteiger partial charge >= 0.3 is 0 Å². The molecule has 0 aliphatic heterocycles. The lowest BCUT2D eigenvalue weighted by molar-refractivity contribution is -0.128. The van der Waals surface area contributed by atoms with Gasteiger partial charge in [-0.25, -0.2) is 0 Å². The molecule has 0 unspecified atom stereocenters. The highest BCUT2D eigenvalue weighted by Crippen LogP contribution is 2.22. The molecule has 2 aromatic rings. The zero-order valence-corrected chi connectivity index (χ0v) is 13.7. The Labute approximate surface area is 138 Å². The summed E-state index contributed by atoms with van der Waals surface area (Å²) in [6, 6.07) is 18.6. The van der Waals surface area contributed by atoms with Crippen LogP contribution in [0.15, 0.2) is 54.6 Å². The van der Waals surface area contributed by atoms with E-state index in [1.54, 1.807) is 19.0 Å². The highest BCUT2D eigenvalue weighted by molar-refractivity contribution is 6.37. The Kier molecular flexibility index (Phi) is 6.38. The van der Waals surface area contributed by atoms with Crippen LogP contribution in [0.1, 0.15) is 5.56 Å². The van der Waals surface area contributed by atoms with Gasteiger partial charge in [-0.3, -0.25) is 4.79 Å². The molecule has 5 heteroatoms. The molecule has 0 aromatic heterocycles. The zero-order valence-electron chi connectivity index (χ0n) is 13.7. The second-order valence-corrected chi connectivity index (χ2v) is 5.73. The van der Waals surface area contributed by atoms with Gasteiger partial charge in [-0.05, 0) is 23.1 Å². The van der Waals surface area contributed by atoms with Crippen LogP contribution in [0.3, 0.4) is 0 Å². The van der Waals surface area contributed by atoms with Crippen LogP contribution in [0.2, 0.25) is 5.82 Å². The topological polar surface area (TPSA) is 55.6 Å². The van der Waals surface area contributed by atoms with Crippen LogP contribution >= 0.6 is 0 Å². The van der Waals surface area contributed by atoms with Crippen molar-refractivity contribution in [2.24, 2.45) is 5.73 Å². The monoisotopic (exact) mass is 310 g/mol. The van der Waals surface area contributed by atoms with Crippen LogP contribution in [0, 0.1) is 0 Å². The molecule has 0 spiro atoms. The van der Waals surface area contributed by atoms with Crippen LogP contribution < -0.4 is 5.73 Å². The Bertz CT molecular complexity index is 615. The number of benzene rings is 2. The molecule has 0 bridgehead atoms. The third kappa shape index (κ3) is 4.94. The number of rotatable bonds is 7. The Morgan fingerprint density at radius 3 is 2.26 bits per heavy atom. The van der Waals surface area contributed by atoms with Gasteiger partial charge in [-0.15, -0.1) is 0 Å². The van der Waals surface area contributed by atoms with E-state index in [-0.39, 0.29) is 18.5 Å². The van der Waals surface area contributed by atoms with E-state index in [2.05, 4.69) is 36.4 Å². The average Bonchev–Trinajstić information content (AvgIpc) is 2.59. The summed E-state index contributed by atoms with van der Waals surface area (Å²) < 4.78 is 5.26. The number of nitrogens with two attached hydrogens (primary N) is 1. The normalized spacial score (nSPS) is 11.8. The summed E-state index contributed by atoms with van der Waals surface area (Å²) in [4.78, 5) is 13.8. The summed E-state index contributed by atoms with van der Waals surface area (Å²) in [6.45, 7) is 0.129. The molecule has 0 aliphatic rings. The first kappa shape index (κ1) is 17.3. The third-order valence-corrected chi connectivity index (χ3v) is 3.77. The molecule has 0 radical (unpaired) electrons. The Morgan fingerprint density at radius 2 is 1.70 bits per heavy atom. The lowest BCUT2D eigenvalue weighted by atomic mass is 9.75. The van der Waals surface area contributed by atoms with Gasteiger partial charge in [-0.2, -0.15) is 0 Å². The Balaban J connectivity index is 2.09. The predicted molar refractivity (Wildman–Crippen MR) is 95.3 cm³/mol. The SMILES string of the molecule is CN(C)C(=O)[C@@H](BOCN)Cc1ccc(-c2ccccc2)cc1. The van der Waals surface area contributed by atoms with Crippen molar-refractivity contribution in [2.75, 3.05) is 20.8 Å². The fourth-order valence-electron chi connectivity index (χ4n) is 2.54. The van der Waals surface area contributed by atoms with Crippen molar-refractivity contribution >= 4 is 13.4 Å². The van der Waals surface area contributed by atoms with E-state index in [4.69, 9.17) is 10.4 Å². The molecular formula is C18H23BN2O2. The number of nitrogens with zero attached hydrogens (tertiary/aromatic N) is 1. The van der Waals surface area contributed by atoms with Gasteiger partial charge in [0.1, 0.15) is 0 Å². The molecule has 2 rings (SSSR count). The van der Waals surface area contributed by atoms with Gasteiger partial charge in [0.2, 0.25) is 5.91 Å². The highest BCUT2D eigenvalue weighted by atomic mass is 16.4. The van der Waals surface area contributed by atoms with Gasteiger partial charge < -0.3 is 15.3 Å². The van der Waals surface area contributed by atoms with Gasteiger partial charge in [-0.1, -0.05) is 54.6 Å². The minimum Gasteiger partial charge on any atom is -0.427 e. The van der Waals surface area contributed by atoms with Crippen LogP contribution in [0.25, 0.3) is 11.1 Å². The van der Waals surface area contributed by atoms with E-state index >= 15 is 0 Å².